The van der Waals surface area contributed by atoms with Crippen LogP contribution < -0.4 is 15.4 Å². The number of ketones is 1. The van der Waals surface area contributed by atoms with Crippen molar-refractivity contribution in [1.29, 1.82) is 0 Å². The summed E-state index contributed by atoms with van der Waals surface area (Å²) in [5.41, 5.74) is 3.03. The number of anilines is 3. The van der Waals surface area contributed by atoms with Gasteiger partial charge < -0.3 is 15.4 Å². The van der Waals surface area contributed by atoms with Crippen LogP contribution in [-0.4, -0.2) is 22.8 Å². The number of benzene rings is 2. The van der Waals surface area contributed by atoms with Crippen molar-refractivity contribution < 1.29 is 14.3 Å². The zero-order valence-corrected chi connectivity index (χ0v) is 16.6. The lowest BCUT2D eigenvalue weighted by molar-refractivity contribution is 0.101. The highest BCUT2D eigenvalue weighted by molar-refractivity contribution is 6.04. The Kier molecular flexibility index (Phi) is 6.24. The van der Waals surface area contributed by atoms with Gasteiger partial charge in [-0.15, -0.1) is 0 Å². The molecule has 0 atom stereocenters. The van der Waals surface area contributed by atoms with E-state index in [4.69, 9.17) is 4.74 Å². The highest BCUT2D eigenvalue weighted by Gasteiger charge is 2.12. The Hall–Kier alpha value is -3.67. The first-order valence-electron chi connectivity index (χ1n) is 9.33. The zero-order chi connectivity index (χ0) is 20.8. The van der Waals surface area contributed by atoms with Gasteiger partial charge in [0, 0.05) is 23.1 Å². The van der Waals surface area contributed by atoms with Crippen LogP contribution in [0.25, 0.3) is 0 Å². The molecule has 0 aliphatic carbocycles. The molecule has 0 aliphatic heterocycles. The highest BCUT2D eigenvalue weighted by Crippen LogP contribution is 2.25. The number of hydrogen-bond acceptors (Lipinski definition) is 5. The van der Waals surface area contributed by atoms with E-state index in [1.807, 2.05) is 44.2 Å². The van der Waals surface area contributed by atoms with Crippen molar-refractivity contribution in [2.45, 2.75) is 26.9 Å². The van der Waals surface area contributed by atoms with Gasteiger partial charge in [0.2, 0.25) is 0 Å². The van der Waals surface area contributed by atoms with E-state index < -0.39 is 0 Å². The predicted molar refractivity (Wildman–Crippen MR) is 114 cm³/mol. The Bertz CT molecular complexity index is 1010. The number of carbonyl (C=O) groups is 2. The molecule has 0 saturated carbocycles. The van der Waals surface area contributed by atoms with Crippen molar-refractivity contribution in [3.05, 3.63) is 78.1 Å². The van der Waals surface area contributed by atoms with Gasteiger partial charge in [0.05, 0.1) is 11.8 Å². The molecule has 148 valence electrons. The van der Waals surface area contributed by atoms with Crippen LogP contribution in [0.2, 0.25) is 0 Å². The number of hydrogen-bond donors (Lipinski definition) is 2. The average molecular weight is 389 g/mol. The van der Waals surface area contributed by atoms with Crippen molar-refractivity contribution >= 4 is 28.8 Å². The number of para-hydroxylation sites is 2. The van der Waals surface area contributed by atoms with Crippen LogP contribution in [0.15, 0.2) is 66.9 Å². The van der Waals surface area contributed by atoms with Crippen LogP contribution >= 0.6 is 0 Å². The molecule has 0 radical (unpaired) electrons. The molecule has 6 nitrogen and oxygen atoms in total. The topological polar surface area (TPSA) is 80.3 Å². The van der Waals surface area contributed by atoms with Gasteiger partial charge in [-0.05, 0) is 69.3 Å². The summed E-state index contributed by atoms with van der Waals surface area (Å²) >= 11 is 0. The van der Waals surface area contributed by atoms with Crippen molar-refractivity contribution in [1.82, 2.24) is 4.98 Å². The lowest BCUT2D eigenvalue weighted by atomic mass is 10.1. The molecule has 1 amide bonds. The molecule has 0 fully saturated rings. The molecule has 29 heavy (non-hydrogen) atoms. The van der Waals surface area contributed by atoms with Crippen molar-refractivity contribution in [3.63, 3.8) is 0 Å². The second kappa shape index (κ2) is 9.01. The minimum absolute atomic E-state index is 0.00639. The third kappa shape index (κ3) is 5.42. The molecule has 0 spiro atoms. The van der Waals surface area contributed by atoms with Gasteiger partial charge >= 0.3 is 0 Å². The molecule has 2 aromatic carbocycles. The van der Waals surface area contributed by atoms with Crippen LogP contribution in [0, 0.1) is 0 Å². The molecule has 0 saturated heterocycles. The van der Waals surface area contributed by atoms with Crippen LogP contribution in [0.1, 0.15) is 41.6 Å². The second-order valence-electron chi connectivity index (χ2n) is 6.81. The van der Waals surface area contributed by atoms with E-state index in [0.29, 0.717) is 22.7 Å². The van der Waals surface area contributed by atoms with Gasteiger partial charge in [0.1, 0.15) is 11.4 Å². The SMILES string of the molecule is CC(=O)c1ccc(Nc2ccnc(C(=O)Nc3ccccc3OC(C)C)c2)cc1. The number of pyridine rings is 1. The number of nitrogens with one attached hydrogen (secondary N) is 2. The quantitative estimate of drug-likeness (QED) is 0.552. The summed E-state index contributed by atoms with van der Waals surface area (Å²) in [4.78, 5) is 28.2. The van der Waals surface area contributed by atoms with Gasteiger partial charge in [0.15, 0.2) is 5.78 Å². The Morgan fingerprint density at radius 2 is 1.69 bits per heavy atom. The van der Waals surface area contributed by atoms with Gasteiger partial charge in [-0.25, -0.2) is 0 Å². The molecule has 0 bridgehead atoms. The Morgan fingerprint density at radius 3 is 2.38 bits per heavy atom. The van der Waals surface area contributed by atoms with E-state index in [1.54, 1.807) is 36.5 Å². The fourth-order valence-corrected chi connectivity index (χ4v) is 2.70. The first-order chi connectivity index (χ1) is 13.9. The Balaban J connectivity index is 1.74. The first-order valence-corrected chi connectivity index (χ1v) is 9.33. The highest BCUT2D eigenvalue weighted by atomic mass is 16.5. The monoisotopic (exact) mass is 389 g/mol. The minimum Gasteiger partial charge on any atom is -0.489 e. The molecule has 0 unspecified atom stereocenters. The van der Waals surface area contributed by atoms with E-state index in [-0.39, 0.29) is 23.5 Å². The number of aromatic nitrogens is 1. The zero-order valence-electron chi connectivity index (χ0n) is 16.6. The van der Waals surface area contributed by atoms with Gasteiger partial charge in [0.25, 0.3) is 5.91 Å². The number of amides is 1. The number of carbonyl (C=O) groups excluding carboxylic acids is 2. The van der Waals surface area contributed by atoms with E-state index in [0.717, 1.165) is 5.69 Å². The van der Waals surface area contributed by atoms with E-state index in [2.05, 4.69) is 15.6 Å². The first kappa shape index (κ1) is 20.1. The number of nitrogens with zero attached hydrogens (tertiary/aromatic N) is 1. The normalized spacial score (nSPS) is 10.5. The molecular weight excluding hydrogens is 366 g/mol. The molecule has 2 N–H and O–H groups in total. The predicted octanol–water partition coefficient (Wildman–Crippen LogP) is 5.07. The van der Waals surface area contributed by atoms with Crippen molar-refractivity contribution in [2.24, 2.45) is 0 Å². The molecule has 3 rings (SSSR count). The molecule has 6 heteroatoms. The van der Waals surface area contributed by atoms with E-state index in [1.165, 1.54) is 6.92 Å². The largest absolute Gasteiger partial charge is 0.489 e. The third-order valence-electron chi connectivity index (χ3n) is 4.07. The summed E-state index contributed by atoms with van der Waals surface area (Å²) in [7, 11) is 0. The lowest BCUT2D eigenvalue weighted by Gasteiger charge is -2.15. The van der Waals surface area contributed by atoms with Crippen LogP contribution in [0.3, 0.4) is 0 Å². The number of Topliss-reactive ketones (excluding diaryl/α,β-unsaturated/α-hetero) is 1. The minimum atomic E-state index is -0.333. The average Bonchev–Trinajstić information content (AvgIpc) is 2.69. The summed E-state index contributed by atoms with van der Waals surface area (Å²) in [6.45, 7) is 5.39. The van der Waals surface area contributed by atoms with Crippen molar-refractivity contribution in [3.8, 4) is 5.75 Å². The summed E-state index contributed by atoms with van der Waals surface area (Å²) in [6, 6.07) is 17.9. The molecule has 1 heterocycles. The summed E-state index contributed by atoms with van der Waals surface area (Å²) in [5, 5.41) is 6.06. The number of rotatable bonds is 7. The maximum Gasteiger partial charge on any atom is 0.274 e. The van der Waals surface area contributed by atoms with Crippen LogP contribution in [-0.2, 0) is 0 Å². The molecule has 0 aliphatic rings. The van der Waals surface area contributed by atoms with E-state index in [9.17, 15) is 9.59 Å². The third-order valence-corrected chi connectivity index (χ3v) is 4.07. The second-order valence-corrected chi connectivity index (χ2v) is 6.81. The van der Waals surface area contributed by atoms with Crippen LogP contribution in [0.4, 0.5) is 17.1 Å². The fraction of sp³-hybridized carbons (Fsp3) is 0.174. The summed E-state index contributed by atoms with van der Waals surface area (Å²) < 4.78 is 5.74. The fourth-order valence-electron chi connectivity index (χ4n) is 2.70. The van der Waals surface area contributed by atoms with Gasteiger partial charge in [-0.3, -0.25) is 14.6 Å². The Labute approximate surface area is 169 Å². The maximum atomic E-state index is 12.7. The van der Waals surface area contributed by atoms with Crippen molar-refractivity contribution in [2.75, 3.05) is 10.6 Å². The lowest BCUT2D eigenvalue weighted by Crippen LogP contribution is -2.15. The molecular formula is C23H23N3O3. The Morgan fingerprint density at radius 1 is 0.966 bits per heavy atom. The summed E-state index contributed by atoms with van der Waals surface area (Å²) in [6.07, 6.45) is 1.56. The molecule has 1 aromatic heterocycles. The molecule has 3 aromatic rings. The maximum absolute atomic E-state index is 12.7. The smallest absolute Gasteiger partial charge is 0.274 e. The summed E-state index contributed by atoms with van der Waals surface area (Å²) in [5.74, 6) is 0.289. The number of ether oxygens (including phenoxy) is 1. The van der Waals surface area contributed by atoms with Crippen LogP contribution in [0.5, 0.6) is 5.75 Å². The van der Waals surface area contributed by atoms with Gasteiger partial charge in [-0.1, -0.05) is 12.1 Å². The van der Waals surface area contributed by atoms with E-state index >= 15 is 0 Å². The standard InChI is InChI=1S/C23H23N3O3/c1-15(2)29-22-7-5-4-6-20(22)26-23(28)21-14-19(12-13-24-21)25-18-10-8-17(9-11-18)16(3)27/h4-15H,1-3H3,(H,24,25)(H,26,28). The van der Waals surface area contributed by atoms with Gasteiger partial charge in [-0.2, -0.15) is 0 Å².